The van der Waals surface area contributed by atoms with E-state index in [1.54, 1.807) is 6.20 Å². The Balaban J connectivity index is 1.63. The summed E-state index contributed by atoms with van der Waals surface area (Å²) in [7, 11) is 4.20. The molecule has 0 aromatic carbocycles. The van der Waals surface area contributed by atoms with E-state index in [0.29, 0.717) is 18.5 Å². The van der Waals surface area contributed by atoms with E-state index in [0.717, 1.165) is 31.8 Å². The number of aryl methyl sites for hydroxylation is 1. The number of likely N-dealkylation sites (tertiary alicyclic amines) is 2. The Bertz CT molecular complexity index is 591. The number of rotatable bonds is 5. The summed E-state index contributed by atoms with van der Waals surface area (Å²) in [5.41, 5.74) is 0. The smallest absolute Gasteiger partial charge is 0.227 e. The third kappa shape index (κ3) is 4.46. The quantitative estimate of drug-likeness (QED) is 0.804. The summed E-state index contributed by atoms with van der Waals surface area (Å²) in [5.74, 6) is 1.39. The Morgan fingerprint density at radius 3 is 2.58 bits per heavy atom. The molecule has 1 amide bonds. The molecule has 3 rings (SSSR count). The van der Waals surface area contributed by atoms with E-state index >= 15 is 0 Å². The van der Waals surface area contributed by atoms with E-state index in [4.69, 9.17) is 0 Å². The van der Waals surface area contributed by atoms with Crippen molar-refractivity contribution in [3.63, 3.8) is 0 Å². The van der Waals surface area contributed by atoms with Crippen molar-refractivity contribution in [2.75, 3.05) is 33.2 Å². The van der Waals surface area contributed by atoms with Gasteiger partial charge >= 0.3 is 0 Å². The highest BCUT2D eigenvalue weighted by molar-refractivity contribution is 5.79. The Labute approximate surface area is 158 Å². The van der Waals surface area contributed by atoms with Gasteiger partial charge in [-0.1, -0.05) is 0 Å². The minimum absolute atomic E-state index is 0.131. The van der Waals surface area contributed by atoms with Gasteiger partial charge < -0.3 is 14.4 Å². The standard InChI is InChI=1S/C20H35N5O/c1-16(2)25(15-19-21-9-13-23(19)4)20(26)17-6-5-10-24(14-17)18-7-11-22(3)12-8-18/h9,13,16-18H,5-8,10-12,14-15H2,1-4H3/t17-/m1/s1. The van der Waals surface area contributed by atoms with Crippen LogP contribution in [0.25, 0.3) is 0 Å². The van der Waals surface area contributed by atoms with Crippen molar-refractivity contribution >= 4 is 5.91 Å². The fraction of sp³-hybridized carbons (Fsp3) is 0.800. The predicted molar refractivity (Wildman–Crippen MR) is 104 cm³/mol. The first-order valence-corrected chi connectivity index (χ1v) is 10.1. The molecular weight excluding hydrogens is 326 g/mol. The number of hydrogen-bond acceptors (Lipinski definition) is 4. The second-order valence-corrected chi connectivity index (χ2v) is 8.38. The normalized spacial score (nSPS) is 23.5. The zero-order chi connectivity index (χ0) is 18.7. The number of aromatic nitrogens is 2. The molecule has 6 nitrogen and oxygen atoms in total. The van der Waals surface area contributed by atoms with Crippen molar-refractivity contribution in [3.8, 4) is 0 Å². The van der Waals surface area contributed by atoms with Crippen molar-refractivity contribution in [2.24, 2.45) is 13.0 Å². The van der Waals surface area contributed by atoms with E-state index in [1.807, 2.05) is 22.7 Å². The number of carbonyl (C=O) groups is 1. The number of nitrogens with zero attached hydrogens (tertiary/aromatic N) is 5. The van der Waals surface area contributed by atoms with Crippen molar-refractivity contribution in [1.82, 2.24) is 24.3 Å². The largest absolute Gasteiger partial charge is 0.337 e. The number of hydrogen-bond donors (Lipinski definition) is 0. The molecule has 1 atom stereocenters. The molecule has 0 radical (unpaired) electrons. The lowest BCUT2D eigenvalue weighted by Gasteiger charge is -2.42. The van der Waals surface area contributed by atoms with Gasteiger partial charge in [0.1, 0.15) is 5.82 Å². The number of piperidine rings is 2. The van der Waals surface area contributed by atoms with Gasteiger partial charge in [0.05, 0.1) is 12.5 Å². The predicted octanol–water partition coefficient (Wildman–Crippen LogP) is 1.96. The molecule has 26 heavy (non-hydrogen) atoms. The van der Waals surface area contributed by atoms with Crippen LogP contribution in [0.1, 0.15) is 45.4 Å². The van der Waals surface area contributed by atoms with Crippen LogP contribution in [0.5, 0.6) is 0 Å². The Morgan fingerprint density at radius 2 is 1.96 bits per heavy atom. The van der Waals surface area contributed by atoms with Crippen molar-refractivity contribution in [1.29, 1.82) is 0 Å². The van der Waals surface area contributed by atoms with Gasteiger partial charge in [0.25, 0.3) is 0 Å². The molecule has 6 heteroatoms. The average Bonchev–Trinajstić information content (AvgIpc) is 3.04. The minimum Gasteiger partial charge on any atom is -0.337 e. The molecule has 1 aromatic rings. The van der Waals surface area contributed by atoms with Crippen LogP contribution in [0.3, 0.4) is 0 Å². The van der Waals surface area contributed by atoms with E-state index in [1.165, 1.54) is 25.9 Å². The maximum Gasteiger partial charge on any atom is 0.227 e. The van der Waals surface area contributed by atoms with Crippen molar-refractivity contribution in [2.45, 2.75) is 58.2 Å². The fourth-order valence-corrected chi connectivity index (χ4v) is 4.35. The molecular formula is C20H35N5O. The van der Waals surface area contributed by atoms with Gasteiger partial charge in [-0.25, -0.2) is 4.98 Å². The zero-order valence-electron chi connectivity index (χ0n) is 16.9. The summed E-state index contributed by atoms with van der Waals surface area (Å²) in [5, 5.41) is 0. The zero-order valence-corrected chi connectivity index (χ0v) is 16.9. The Morgan fingerprint density at radius 1 is 1.23 bits per heavy atom. The molecule has 0 saturated carbocycles. The third-order valence-electron chi connectivity index (χ3n) is 6.15. The molecule has 0 aliphatic carbocycles. The molecule has 1 aromatic heterocycles. The highest BCUT2D eigenvalue weighted by atomic mass is 16.2. The molecule has 0 bridgehead atoms. The topological polar surface area (TPSA) is 44.6 Å². The molecule has 2 fully saturated rings. The van der Waals surface area contributed by atoms with E-state index in [-0.39, 0.29) is 12.0 Å². The first-order valence-electron chi connectivity index (χ1n) is 10.1. The van der Waals surface area contributed by atoms with Crippen LogP contribution >= 0.6 is 0 Å². The summed E-state index contributed by atoms with van der Waals surface area (Å²) < 4.78 is 2.01. The lowest BCUT2D eigenvalue weighted by atomic mass is 9.92. The second kappa shape index (κ2) is 8.53. The lowest BCUT2D eigenvalue weighted by molar-refractivity contribution is -0.140. The van der Waals surface area contributed by atoms with Gasteiger partial charge in [0.15, 0.2) is 0 Å². The van der Waals surface area contributed by atoms with Crippen LogP contribution in [-0.2, 0) is 18.4 Å². The Hall–Kier alpha value is -1.40. The van der Waals surface area contributed by atoms with Crippen LogP contribution in [-0.4, -0.2) is 75.5 Å². The van der Waals surface area contributed by atoms with Gasteiger partial charge in [-0.05, 0) is 66.2 Å². The molecule has 0 unspecified atom stereocenters. The summed E-state index contributed by atoms with van der Waals surface area (Å²) in [6.07, 6.45) is 8.38. The summed E-state index contributed by atoms with van der Waals surface area (Å²) in [6.45, 7) is 9.26. The monoisotopic (exact) mass is 361 g/mol. The highest BCUT2D eigenvalue weighted by Crippen LogP contribution is 2.25. The van der Waals surface area contributed by atoms with Crippen molar-refractivity contribution < 1.29 is 4.79 Å². The summed E-state index contributed by atoms with van der Waals surface area (Å²) >= 11 is 0. The van der Waals surface area contributed by atoms with Crippen LogP contribution in [0.2, 0.25) is 0 Å². The summed E-state index contributed by atoms with van der Waals surface area (Å²) in [4.78, 5) is 24.8. The highest BCUT2D eigenvalue weighted by Gasteiger charge is 2.34. The van der Waals surface area contributed by atoms with Crippen LogP contribution in [0.4, 0.5) is 0 Å². The lowest BCUT2D eigenvalue weighted by Crippen LogP contribution is -2.51. The van der Waals surface area contributed by atoms with Gasteiger partial charge in [-0.2, -0.15) is 0 Å². The summed E-state index contributed by atoms with van der Waals surface area (Å²) in [6, 6.07) is 0.849. The number of amides is 1. The molecule has 0 spiro atoms. The molecule has 2 aliphatic heterocycles. The number of carbonyl (C=O) groups excluding carboxylic acids is 1. The van der Waals surface area contributed by atoms with Crippen LogP contribution in [0, 0.1) is 5.92 Å². The van der Waals surface area contributed by atoms with Crippen LogP contribution < -0.4 is 0 Å². The SMILES string of the molecule is CC(C)N(Cc1nccn1C)C(=O)[C@@H]1CCCN(C2CCN(C)CC2)C1. The number of imidazole rings is 1. The molecule has 0 N–H and O–H groups in total. The van der Waals surface area contributed by atoms with Gasteiger partial charge in [0.2, 0.25) is 5.91 Å². The van der Waals surface area contributed by atoms with Crippen molar-refractivity contribution in [3.05, 3.63) is 18.2 Å². The van der Waals surface area contributed by atoms with Crippen LogP contribution in [0.15, 0.2) is 12.4 Å². The maximum absolute atomic E-state index is 13.3. The Kier molecular flexibility index (Phi) is 6.35. The van der Waals surface area contributed by atoms with E-state index in [9.17, 15) is 4.79 Å². The second-order valence-electron chi connectivity index (χ2n) is 8.38. The molecule has 3 heterocycles. The van der Waals surface area contributed by atoms with E-state index in [2.05, 4.69) is 35.7 Å². The first-order chi connectivity index (χ1) is 12.5. The van der Waals surface area contributed by atoms with Gasteiger partial charge in [-0.3, -0.25) is 9.69 Å². The third-order valence-corrected chi connectivity index (χ3v) is 6.15. The molecule has 2 saturated heterocycles. The fourth-order valence-electron chi connectivity index (χ4n) is 4.35. The first kappa shape index (κ1) is 19.4. The van der Waals surface area contributed by atoms with Gasteiger partial charge in [0, 0.05) is 38.1 Å². The van der Waals surface area contributed by atoms with Gasteiger partial charge in [-0.15, -0.1) is 0 Å². The molecule has 146 valence electrons. The van der Waals surface area contributed by atoms with E-state index < -0.39 is 0 Å². The average molecular weight is 362 g/mol. The maximum atomic E-state index is 13.3. The molecule has 2 aliphatic rings. The minimum atomic E-state index is 0.131.